The highest BCUT2D eigenvalue weighted by Gasteiger charge is 2.22. The van der Waals surface area contributed by atoms with Crippen LogP contribution in [0.3, 0.4) is 0 Å². The van der Waals surface area contributed by atoms with Crippen molar-refractivity contribution < 1.29 is 19.1 Å². The molecule has 34 heavy (non-hydrogen) atoms. The SMILES string of the molecule is O=C1CN(Cc2ccc3c(c2)CC[C@H](NC(=O)c2ccc(OC[C@@H]4CCCO4)cc2)C3)CCN1. The number of ether oxygens (including phenoxy) is 2. The van der Waals surface area contributed by atoms with Crippen LogP contribution >= 0.6 is 0 Å². The second kappa shape index (κ2) is 10.6. The Hall–Kier alpha value is -2.90. The molecule has 0 aromatic heterocycles. The first-order valence-electron chi connectivity index (χ1n) is 12.4. The number of aryl methyl sites for hydroxylation is 1. The Bertz CT molecular complexity index is 1020. The first-order chi connectivity index (χ1) is 16.6. The molecule has 7 nitrogen and oxygen atoms in total. The number of carbonyl (C=O) groups is 2. The summed E-state index contributed by atoms with van der Waals surface area (Å²) in [6.45, 7) is 4.25. The predicted octanol–water partition coefficient (Wildman–Crippen LogP) is 2.46. The molecular weight excluding hydrogens is 430 g/mol. The van der Waals surface area contributed by atoms with Gasteiger partial charge in [0, 0.05) is 37.8 Å². The molecule has 2 saturated heterocycles. The topological polar surface area (TPSA) is 79.9 Å². The lowest BCUT2D eigenvalue weighted by molar-refractivity contribution is -0.124. The molecule has 180 valence electrons. The van der Waals surface area contributed by atoms with Gasteiger partial charge < -0.3 is 20.1 Å². The van der Waals surface area contributed by atoms with Gasteiger partial charge in [-0.15, -0.1) is 0 Å². The molecule has 0 bridgehead atoms. The fraction of sp³-hybridized carbons (Fsp3) is 0.481. The first kappa shape index (κ1) is 22.9. The van der Waals surface area contributed by atoms with E-state index >= 15 is 0 Å². The van der Waals surface area contributed by atoms with Crippen LogP contribution in [-0.4, -0.2) is 61.7 Å². The summed E-state index contributed by atoms with van der Waals surface area (Å²) in [5.74, 6) is 0.822. The van der Waals surface area contributed by atoms with Crippen LogP contribution in [0.1, 0.15) is 46.3 Å². The smallest absolute Gasteiger partial charge is 0.251 e. The molecule has 2 aliphatic heterocycles. The summed E-state index contributed by atoms with van der Waals surface area (Å²) in [4.78, 5) is 26.6. The Kier molecular flexibility index (Phi) is 7.11. The van der Waals surface area contributed by atoms with E-state index in [1.54, 1.807) is 0 Å². The van der Waals surface area contributed by atoms with Gasteiger partial charge in [0.1, 0.15) is 12.4 Å². The quantitative estimate of drug-likeness (QED) is 0.660. The summed E-state index contributed by atoms with van der Waals surface area (Å²) in [5.41, 5.74) is 4.56. The van der Waals surface area contributed by atoms with Gasteiger partial charge in [0.05, 0.1) is 12.6 Å². The minimum atomic E-state index is -0.0425. The maximum absolute atomic E-state index is 12.8. The van der Waals surface area contributed by atoms with Crippen LogP contribution in [0.4, 0.5) is 0 Å². The van der Waals surface area contributed by atoms with E-state index in [1.165, 1.54) is 16.7 Å². The molecule has 7 heteroatoms. The van der Waals surface area contributed by atoms with Crippen LogP contribution < -0.4 is 15.4 Å². The average molecular weight is 464 g/mol. The van der Waals surface area contributed by atoms with Crippen LogP contribution in [0.5, 0.6) is 5.75 Å². The lowest BCUT2D eigenvalue weighted by Gasteiger charge is -2.28. The number of hydrogen-bond acceptors (Lipinski definition) is 5. The highest BCUT2D eigenvalue weighted by atomic mass is 16.5. The van der Waals surface area contributed by atoms with Crippen molar-refractivity contribution in [2.75, 3.05) is 32.8 Å². The minimum Gasteiger partial charge on any atom is -0.491 e. The van der Waals surface area contributed by atoms with Crippen LogP contribution in [0.25, 0.3) is 0 Å². The third-order valence-corrected chi connectivity index (χ3v) is 6.93. The van der Waals surface area contributed by atoms with Crippen LogP contribution in [0.2, 0.25) is 0 Å². The summed E-state index contributed by atoms with van der Waals surface area (Å²) in [6.07, 6.45) is 5.04. The zero-order valence-electron chi connectivity index (χ0n) is 19.6. The highest BCUT2D eigenvalue weighted by Crippen LogP contribution is 2.24. The van der Waals surface area contributed by atoms with Crippen LogP contribution in [0, 0.1) is 0 Å². The Labute approximate surface area is 200 Å². The molecule has 3 aliphatic rings. The number of nitrogens with one attached hydrogen (secondary N) is 2. The Morgan fingerprint density at radius 1 is 1.15 bits per heavy atom. The van der Waals surface area contributed by atoms with Gasteiger partial charge in [-0.05, 0) is 73.1 Å². The monoisotopic (exact) mass is 463 g/mol. The van der Waals surface area contributed by atoms with E-state index in [1.807, 2.05) is 24.3 Å². The van der Waals surface area contributed by atoms with E-state index in [-0.39, 0.29) is 24.0 Å². The number of amides is 2. The van der Waals surface area contributed by atoms with Crippen LogP contribution in [0.15, 0.2) is 42.5 Å². The molecule has 2 fully saturated rings. The molecule has 1 aliphatic carbocycles. The first-order valence-corrected chi connectivity index (χ1v) is 12.4. The van der Waals surface area contributed by atoms with Crippen molar-refractivity contribution in [3.63, 3.8) is 0 Å². The summed E-state index contributed by atoms with van der Waals surface area (Å²) >= 11 is 0. The Balaban J connectivity index is 1.12. The average Bonchev–Trinajstić information content (AvgIpc) is 3.37. The maximum Gasteiger partial charge on any atom is 0.251 e. The lowest BCUT2D eigenvalue weighted by Crippen LogP contribution is -2.47. The molecule has 0 saturated carbocycles. The van der Waals surface area contributed by atoms with E-state index in [9.17, 15) is 9.59 Å². The second-order valence-electron chi connectivity index (χ2n) is 9.55. The number of hydrogen-bond donors (Lipinski definition) is 2. The van der Waals surface area contributed by atoms with Gasteiger partial charge in [-0.2, -0.15) is 0 Å². The largest absolute Gasteiger partial charge is 0.491 e. The van der Waals surface area contributed by atoms with Crippen molar-refractivity contribution in [1.82, 2.24) is 15.5 Å². The Morgan fingerprint density at radius 3 is 2.82 bits per heavy atom. The van der Waals surface area contributed by atoms with Gasteiger partial charge in [0.2, 0.25) is 5.91 Å². The molecule has 0 spiro atoms. The number of benzene rings is 2. The highest BCUT2D eigenvalue weighted by molar-refractivity contribution is 5.94. The number of carbonyl (C=O) groups excluding carboxylic acids is 2. The van der Waals surface area contributed by atoms with Gasteiger partial charge >= 0.3 is 0 Å². The van der Waals surface area contributed by atoms with E-state index in [0.29, 0.717) is 18.7 Å². The Morgan fingerprint density at radius 2 is 2.03 bits per heavy atom. The maximum atomic E-state index is 12.8. The third-order valence-electron chi connectivity index (χ3n) is 6.93. The van der Waals surface area contributed by atoms with Gasteiger partial charge in [0.15, 0.2) is 0 Å². The molecule has 5 rings (SSSR count). The summed E-state index contributed by atoms with van der Waals surface area (Å²) in [5, 5.41) is 6.08. The van der Waals surface area contributed by atoms with E-state index in [4.69, 9.17) is 9.47 Å². The fourth-order valence-electron chi connectivity index (χ4n) is 5.05. The van der Waals surface area contributed by atoms with Crippen molar-refractivity contribution in [1.29, 1.82) is 0 Å². The predicted molar refractivity (Wildman–Crippen MR) is 129 cm³/mol. The van der Waals surface area contributed by atoms with Crippen molar-refractivity contribution in [3.8, 4) is 5.75 Å². The van der Waals surface area contributed by atoms with Gasteiger partial charge in [-0.1, -0.05) is 18.2 Å². The van der Waals surface area contributed by atoms with Crippen molar-refractivity contribution in [2.24, 2.45) is 0 Å². The molecule has 2 aromatic carbocycles. The molecular formula is C27H33N3O4. The van der Waals surface area contributed by atoms with E-state index < -0.39 is 0 Å². The van der Waals surface area contributed by atoms with Gasteiger partial charge in [-0.25, -0.2) is 0 Å². The summed E-state index contributed by atoms with van der Waals surface area (Å²) < 4.78 is 11.4. The summed E-state index contributed by atoms with van der Waals surface area (Å²) in [6, 6.07) is 14.1. The normalized spacial score (nSPS) is 22.6. The molecule has 2 N–H and O–H groups in total. The second-order valence-corrected chi connectivity index (χ2v) is 9.55. The number of piperazine rings is 1. The number of nitrogens with zero attached hydrogens (tertiary/aromatic N) is 1. The summed E-state index contributed by atoms with van der Waals surface area (Å²) in [7, 11) is 0. The molecule has 2 aromatic rings. The number of rotatable bonds is 7. The number of fused-ring (bicyclic) bond motifs is 1. The standard InChI is InChI=1S/C27H33N3O4/c31-26-17-30(12-11-28-26)16-19-3-4-22-15-23(8-5-21(22)14-19)29-27(32)20-6-9-24(10-7-20)34-18-25-2-1-13-33-25/h3-4,6-7,9-10,14,23,25H,1-2,5,8,11-13,15-18H2,(H,28,31)(H,29,32)/t23-,25-/m0/s1. The van der Waals surface area contributed by atoms with E-state index in [2.05, 4.69) is 33.7 Å². The third kappa shape index (κ3) is 5.77. The molecule has 2 amide bonds. The zero-order chi connectivity index (χ0) is 23.3. The van der Waals surface area contributed by atoms with Crippen molar-refractivity contribution >= 4 is 11.8 Å². The molecule has 0 radical (unpaired) electrons. The van der Waals surface area contributed by atoms with Crippen molar-refractivity contribution in [3.05, 3.63) is 64.7 Å². The van der Waals surface area contributed by atoms with Crippen molar-refractivity contribution in [2.45, 2.75) is 50.8 Å². The minimum absolute atomic E-state index is 0.0425. The van der Waals surface area contributed by atoms with E-state index in [0.717, 1.165) is 64.1 Å². The van der Waals surface area contributed by atoms with Gasteiger partial charge in [0.25, 0.3) is 5.91 Å². The fourth-order valence-corrected chi connectivity index (χ4v) is 5.05. The molecule has 2 atom stereocenters. The van der Waals surface area contributed by atoms with Crippen LogP contribution in [-0.2, 0) is 28.9 Å². The molecule has 2 heterocycles. The zero-order valence-corrected chi connectivity index (χ0v) is 19.6. The van der Waals surface area contributed by atoms with Gasteiger partial charge in [-0.3, -0.25) is 14.5 Å². The molecule has 0 unspecified atom stereocenters. The lowest BCUT2D eigenvalue weighted by atomic mass is 9.87.